The van der Waals surface area contributed by atoms with Crippen LogP contribution in [0.25, 0.3) is 55.5 Å². The molecule has 1 aliphatic rings. The number of pyridine rings is 2. The molecule has 0 N–H and O–H groups in total. The summed E-state index contributed by atoms with van der Waals surface area (Å²) >= 11 is 0. The molecule has 49 heavy (non-hydrogen) atoms. The maximum absolute atomic E-state index is 9.46. The smallest absolute Gasteiger partial charge is 0.141 e. The molecule has 9 rings (SSSR count). The van der Waals surface area contributed by atoms with Crippen molar-refractivity contribution in [3.63, 3.8) is 0 Å². The highest BCUT2D eigenvalue weighted by Gasteiger charge is 2.47. The van der Waals surface area contributed by atoms with Crippen LogP contribution in [0.5, 0.6) is 0 Å². The van der Waals surface area contributed by atoms with E-state index in [-0.39, 0.29) is 0 Å². The minimum Gasteiger partial charge on any atom is -0.248 e. The second-order valence-corrected chi connectivity index (χ2v) is 12.5. The molecule has 0 saturated carbocycles. The van der Waals surface area contributed by atoms with Crippen LogP contribution >= 0.6 is 0 Å². The third-order valence-corrected chi connectivity index (χ3v) is 9.86. The highest BCUT2D eigenvalue weighted by Crippen LogP contribution is 2.59. The zero-order valence-corrected chi connectivity index (χ0v) is 26.6. The van der Waals surface area contributed by atoms with Crippen molar-refractivity contribution in [1.82, 2.24) is 9.97 Å². The standard InChI is InChI=1S/C46H29N3/c47-30-36-27-33(25-26-48-36)44-22-12-21-43(49-44)32-23-24-39-41(28-32)46(34-15-6-2-7-16-34,35-17-8-3-9-18-35)42-29-40(31-13-4-1-5-14-31)37-19-10-11-20-38(37)45(39)42/h1-29H. The summed E-state index contributed by atoms with van der Waals surface area (Å²) in [6.45, 7) is 0. The molecule has 2 heterocycles. The molecule has 8 aromatic rings. The van der Waals surface area contributed by atoms with Crippen molar-refractivity contribution in [1.29, 1.82) is 5.26 Å². The van der Waals surface area contributed by atoms with E-state index in [2.05, 4.69) is 157 Å². The van der Waals surface area contributed by atoms with Crippen molar-refractivity contribution in [3.05, 3.63) is 204 Å². The molecule has 0 fully saturated rings. The van der Waals surface area contributed by atoms with Crippen LogP contribution in [0.4, 0.5) is 0 Å². The summed E-state index contributed by atoms with van der Waals surface area (Å²) in [6, 6.07) is 62.6. The van der Waals surface area contributed by atoms with Crippen molar-refractivity contribution < 1.29 is 0 Å². The topological polar surface area (TPSA) is 49.6 Å². The van der Waals surface area contributed by atoms with E-state index in [9.17, 15) is 5.26 Å². The fourth-order valence-corrected chi connectivity index (χ4v) is 7.77. The predicted molar refractivity (Wildman–Crippen MR) is 198 cm³/mol. The van der Waals surface area contributed by atoms with Gasteiger partial charge in [0.25, 0.3) is 0 Å². The van der Waals surface area contributed by atoms with E-state index in [0.717, 1.165) is 22.5 Å². The van der Waals surface area contributed by atoms with Crippen LogP contribution in [0.1, 0.15) is 27.9 Å². The molecule has 0 amide bonds. The summed E-state index contributed by atoms with van der Waals surface area (Å²) in [7, 11) is 0. The first kappa shape index (κ1) is 28.6. The number of hydrogen-bond donors (Lipinski definition) is 0. The first-order valence-electron chi connectivity index (χ1n) is 16.5. The minimum atomic E-state index is -0.582. The van der Waals surface area contributed by atoms with Gasteiger partial charge in [0.2, 0.25) is 0 Å². The maximum atomic E-state index is 9.46. The number of rotatable bonds is 5. The molecule has 0 spiro atoms. The fourth-order valence-electron chi connectivity index (χ4n) is 7.77. The largest absolute Gasteiger partial charge is 0.248 e. The van der Waals surface area contributed by atoms with E-state index in [1.807, 2.05) is 18.2 Å². The summed E-state index contributed by atoms with van der Waals surface area (Å²) in [5, 5.41) is 11.9. The predicted octanol–water partition coefficient (Wildman–Crippen LogP) is 10.9. The van der Waals surface area contributed by atoms with Gasteiger partial charge in [0.1, 0.15) is 11.8 Å². The van der Waals surface area contributed by atoms with Gasteiger partial charge in [0.05, 0.1) is 16.8 Å². The fraction of sp³-hybridized carbons (Fsp3) is 0.0217. The van der Waals surface area contributed by atoms with Crippen LogP contribution in [0.15, 0.2) is 176 Å². The molecule has 2 aromatic heterocycles. The van der Waals surface area contributed by atoms with E-state index in [1.165, 1.54) is 55.3 Å². The molecular formula is C46H29N3. The van der Waals surface area contributed by atoms with Crippen LogP contribution < -0.4 is 0 Å². The van der Waals surface area contributed by atoms with Gasteiger partial charge in [0, 0.05) is 17.3 Å². The summed E-state index contributed by atoms with van der Waals surface area (Å²) in [5.41, 5.74) is 13.2. The molecule has 0 bridgehead atoms. The number of nitrogens with zero attached hydrogens (tertiary/aromatic N) is 3. The van der Waals surface area contributed by atoms with Crippen LogP contribution in [0.3, 0.4) is 0 Å². The number of benzene rings is 6. The Bertz CT molecular complexity index is 2510. The second-order valence-electron chi connectivity index (χ2n) is 12.5. The molecule has 0 radical (unpaired) electrons. The van der Waals surface area contributed by atoms with Crippen molar-refractivity contribution in [2.75, 3.05) is 0 Å². The summed E-state index contributed by atoms with van der Waals surface area (Å²) in [5.74, 6) is 0. The lowest BCUT2D eigenvalue weighted by molar-refractivity contribution is 0.769. The Balaban J connectivity index is 1.37. The van der Waals surface area contributed by atoms with E-state index in [0.29, 0.717) is 5.69 Å². The normalized spacial score (nSPS) is 12.6. The van der Waals surface area contributed by atoms with E-state index < -0.39 is 5.41 Å². The van der Waals surface area contributed by atoms with Crippen LogP contribution in [0, 0.1) is 11.3 Å². The molecule has 228 valence electrons. The number of aromatic nitrogens is 2. The molecule has 0 saturated heterocycles. The molecule has 0 atom stereocenters. The monoisotopic (exact) mass is 623 g/mol. The van der Waals surface area contributed by atoms with Crippen LogP contribution in [-0.4, -0.2) is 9.97 Å². The van der Waals surface area contributed by atoms with Crippen LogP contribution in [-0.2, 0) is 5.41 Å². The van der Waals surface area contributed by atoms with Gasteiger partial charge in [-0.2, -0.15) is 5.26 Å². The van der Waals surface area contributed by atoms with Gasteiger partial charge >= 0.3 is 0 Å². The molecule has 0 aliphatic heterocycles. The zero-order valence-electron chi connectivity index (χ0n) is 26.6. The summed E-state index contributed by atoms with van der Waals surface area (Å²) < 4.78 is 0. The number of nitriles is 1. The average Bonchev–Trinajstić information content (AvgIpc) is 3.49. The Morgan fingerprint density at radius 3 is 1.76 bits per heavy atom. The van der Waals surface area contributed by atoms with Gasteiger partial charge in [0.15, 0.2) is 0 Å². The number of hydrogen-bond acceptors (Lipinski definition) is 3. The van der Waals surface area contributed by atoms with Crippen molar-refractivity contribution in [2.45, 2.75) is 5.41 Å². The van der Waals surface area contributed by atoms with E-state index in [1.54, 1.807) is 12.3 Å². The molecule has 6 aromatic carbocycles. The third-order valence-electron chi connectivity index (χ3n) is 9.86. The van der Waals surface area contributed by atoms with E-state index >= 15 is 0 Å². The Morgan fingerprint density at radius 2 is 1.08 bits per heavy atom. The van der Waals surface area contributed by atoms with Crippen LogP contribution in [0.2, 0.25) is 0 Å². The highest BCUT2D eigenvalue weighted by atomic mass is 14.7. The Kier molecular flexibility index (Phi) is 6.74. The van der Waals surface area contributed by atoms with Gasteiger partial charge in [-0.1, -0.05) is 133 Å². The van der Waals surface area contributed by atoms with Gasteiger partial charge in [-0.15, -0.1) is 0 Å². The summed E-state index contributed by atoms with van der Waals surface area (Å²) in [4.78, 5) is 9.28. The number of fused-ring (bicyclic) bond motifs is 5. The molecular weight excluding hydrogens is 595 g/mol. The lowest BCUT2D eigenvalue weighted by atomic mass is 9.67. The summed E-state index contributed by atoms with van der Waals surface area (Å²) in [6.07, 6.45) is 1.66. The Hall–Kier alpha value is -6.63. The van der Waals surface area contributed by atoms with Crippen molar-refractivity contribution in [3.8, 4) is 50.8 Å². The Labute approximate surface area is 285 Å². The SMILES string of the molecule is N#Cc1cc(-c2cccc(-c3ccc4c(c3)C(c3ccccc3)(c3ccccc3)c3cc(-c5ccccc5)c5ccccc5c3-4)n2)ccn1. The van der Waals surface area contributed by atoms with Gasteiger partial charge in [-0.3, -0.25) is 0 Å². The molecule has 1 aliphatic carbocycles. The quantitative estimate of drug-likeness (QED) is 0.192. The third kappa shape index (κ3) is 4.50. The lowest BCUT2D eigenvalue weighted by Gasteiger charge is -2.34. The van der Waals surface area contributed by atoms with Gasteiger partial charge < -0.3 is 0 Å². The molecule has 3 heteroatoms. The van der Waals surface area contributed by atoms with Gasteiger partial charge in [-0.05, 0) is 91.7 Å². The molecule has 0 unspecified atom stereocenters. The van der Waals surface area contributed by atoms with Gasteiger partial charge in [-0.25, -0.2) is 9.97 Å². The molecule has 3 nitrogen and oxygen atoms in total. The minimum absolute atomic E-state index is 0.373. The first-order chi connectivity index (χ1) is 24.3. The lowest BCUT2D eigenvalue weighted by Crippen LogP contribution is -2.28. The first-order valence-corrected chi connectivity index (χ1v) is 16.5. The van der Waals surface area contributed by atoms with Crippen molar-refractivity contribution in [2.24, 2.45) is 0 Å². The van der Waals surface area contributed by atoms with Crippen molar-refractivity contribution >= 4 is 10.8 Å². The highest BCUT2D eigenvalue weighted by molar-refractivity contribution is 6.10. The van der Waals surface area contributed by atoms with E-state index in [4.69, 9.17) is 4.98 Å². The Morgan fingerprint density at radius 1 is 0.469 bits per heavy atom. The maximum Gasteiger partial charge on any atom is 0.141 e. The second kappa shape index (κ2) is 11.6. The zero-order chi connectivity index (χ0) is 32.8. The average molecular weight is 624 g/mol.